The molecule has 6 heteroatoms. The van der Waals surface area contributed by atoms with Gasteiger partial charge in [0.25, 0.3) is 5.91 Å². The molecule has 1 aromatic rings. The molecule has 5 nitrogen and oxygen atoms in total. The van der Waals surface area contributed by atoms with Crippen LogP contribution in [-0.2, 0) is 9.59 Å². The van der Waals surface area contributed by atoms with Gasteiger partial charge >= 0.3 is 0 Å². The van der Waals surface area contributed by atoms with E-state index in [-0.39, 0.29) is 12.5 Å². The second-order valence-corrected chi connectivity index (χ2v) is 5.87. The molecule has 0 aliphatic carbocycles. The van der Waals surface area contributed by atoms with Crippen molar-refractivity contribution in [3.8, 4) is 5.75 Å². The van der Waals surface area contributed by atoms with Crippen molar-refractivity contribution >= 4 is 23.4 Å². The zero-order chi connectivity index (χ0) is 17.1. The topological polar surface area (TPSA) is 67.4 Å². The second kappa shape index (κ2) is 10.9. The van der Waals surface area contributed by atoms with Crippen LogP contribution in [0.3, 0.4) is 0 Å². The van der Waals surface area contributed by atoms with Crippen molar-refractivity contribution in [3.63, 3.8) is 0 Å². The first kappa shape index (κ1) is 19.3. The van der Waals surface area contributed by atoms with Crippen molar-refractivity contribution in [2.45, 2.75) is 52.4 Å². The fourth-order valence-electron chi connectivity index (χ4n) is 1.98. The summed E-state index contributed by atoms with van der Waals surface area (Å²) in [4.78, 5) is 23.2. The van der Waals surface area contributed by atoms with E-state index < -0.39 is 5.91 Å². The lowest BCUT2D eigenvalue weighted by Gasteiger charge is -2.09. The minimum Gasteiger partial charge on any atom is -0.484 e. The number of rotatable bonds is 9. The van der Waals surface area contributed by atoms with E-state index in [0.29, 0.717) is 17.2 Å². The Bertz CT molecular complexity index is 521. The van der Waals surface area contributed by atoms with Crippen LogP contribution >= 0.6 is 11.6 Å². The molecule has 0 saturated heterocycles. The van der Waals surface area contributed by atoms with Gasteiger partial charge in [-0.2, -0.15) is 0 Å². The number of unbranched alkanes of at least 4 members (excludes halogenated alkanes) is 4. The van der Waals surface area contributed by atoms with Gasteiger partial charge in [-0.3, -0.25) is 20.4 Å². The van der Waals surface area contributed by atoms with Crippen molar-refractivity contribution in [2.24, 2.45) is 0 Å². The molecule has 0 unspecified atom stereocenters. The Kier molecular flexibility index (Phi) is 9.14. The minimum atomic E-state index is -0.406. The number of hydrazine groups is 1. The van der Waals surface area contributed by atoms with E-state index in [0.717, 1.165) is 24.8 Å². The molecule has 0 spiro atoms. The Morgan fingerprint density at radius 1 is 1.09 bits per heavy atom. The number of carbonyl (C=O) groups excluding carboxylic acids is 2. The fourth-order valence-corrected chi connectivity index (χ4v) is 2.10. The number of ether oxygens (including phenoxy) is 1. The van der Waals surface area contributed by atoms with E-state index in [1.165, 1.54) is 12.8 Å². The Balaban J connectivity index is 2.16. The molecule has 128 valence electrons. The summed E-state index contributed by atoms with van der Waals surface area (Å²) >= 11 is 5.92. The number of halogens is 1. The quantitative estimate of drug-likeness (QED) is 0.533. The molecule has 0 heterocycles. The number of benzene rings is 1. The van der Waals surface area contributed by atoms with Gasteiger partial charge in [-0.05, 0) is 37.1 Å². The summed E-state index contributed by atoms with van der Waals surface area (Å²) in [5.74, 6) is -0.0292. The summed E-state index contributed by atoms with van der Waals surface area (Å²) in [7, 11) is 0. The second-order valence-electron chi connectivity index (χ2n) is 5.46. The van der Waals surface area contributed by atoms with Crippen molar-refractivity contribution in [2.75, 3.05) is 6.61 Å². The van der Waals surface area contributed by atoms with E-state index in [1.54, 1.807) is 18.2 Å². The lowest BCUT2D eigenvalue weighted by Crippen LogP contribution is -2.43. The van der Waals surface area contributed by atoms with Gasteiger partial charge in [-0.15, -0.1) is 0 Å². The first-order valence-corrected chi connectivity index (χ1v) is 8.37. The number of aryl methyl sites for hydroxylation is 1. The van der Waals surface area contributed by atoms with Crippen molar-refractivity contribution < 1.29 is 14.3 Å². The van der Waals surface area contributed by atoms with Gasteiger partial charge in [-0.1, -0.05) is 44.2 Å². The fraction of sp³-hybridized carbons (Fsp3) is 0.529. The highest BCUT2D eigenvalue weighted by atomic mass is 35.5. The number of hydrogen-bond donors (Lipinski definition) is 2. The van der Waals surface area contributed by atoms with Crippen LogP contribution in [0.5, 0.6) is 5.75 Å². The Morgan fingerprint density at radius 2 is 1.78 bits per heavy atom. The third-order valence-corrected chi connectivity index (χ3v) is 3.77. The molecule has 23 heavy (non-hydrogen) atoms. The zero-order valence-corrected chi connectivity index (χ0v) is 14.5. The van der Waals surface area contributed by atoms with Crippen LogP contribution in [-0.4, -0.2) is 18.4 Å². The van der Waals surface area contributed by atoms with Gasteiger partial charge in [0, 0.05) is 11.4 Å². The summed E-state index contributed by atoms with van der Waals surface area (Å²) in [6.07, 6.45) is 5.80. The third-order valence-electron chi connectivity index (χ3n) is 3.35. The maximum absolute atomic E-state index is 11.6. The first-order chi connectivity index (χ1) is 11.0. The smallest absolute Gasteiger partial charge is 0.276 e. The number of amides is 2. The van der Waals surface area contributed by atoms with Crippen molar-refractivity contribution in [1.29, 1.82) is 0 Å². The van der Waals surface area contributed by atoms with Crippen LogP contribution in [0.25, 0.3) is 0 Å². The van der Waals surface area contributed by atoms with Crippen LogP contribution in [0.1, 0.15) is 51.0 Å². The van der Waals surface area contributed by atoms with E-state index in [4.69, 9.17) is 16.3 Å². The largest absolute Gasteiger partial charge is 0.484 e. The lowest BCUT2D eigenvalue weighted by molar-refractivity contribution is -0.130. The number of nitrogens with one attached hydrogen (secondary N) is 2. The molecule has 1 aromatic carbocycles. The van der Waals surface area contributed by atoms with Gasteiger partial charge < -0.3 is 4.74 Å². The Morgan fingerprint density at radius 3 is 2.48 bits per heavy atom. The maximum atomic E-state index is 11.6. The van der Waals surface area contributed by atoms with Gasteiger partial charge in [0.05, 0.1) is 0 Å². The molecule has 0 aliphatic rings. The average Bonchev–Trinajstić information content (AvgIpc) is 2.54. The molecule has 0 fully saturated rings. The van der Waals surface area contributed by atoms with Gasteiger partial charge in [0.15, 0.2) is 6.61 Å². The number of hydrogen-bond acceptors (Lipinski definition) is 3. The van der Waals surface area contributed by atoms with Crippen LogP contribution in [0.2, 0.25) is 5.02 Å². The Labute approximate surface area is 142 Å². The SMILES string of the molecule is CCCCCCCC(=O)NNC(=O)COc1ccc(Cl)c(C)c1. The normalized spacial score (nSPS) is 10.2. The Hall–Kier alpha value is -1.75. The molecule has 2 N–H and O–H groups in total. The zero-order valence-electron chi connectivity index (χ0n) is 13.8. The predicted octanol–water partition coefficient (Wildman–Crippen LogP) is 3.54. The predicted molar refractivity (Wildman–Crippen MR) is 91.3 cm³/mol. The molecule has 0 atom stereocenters. The van der Waals surface area contributed by atoms with Gasteiger partial charge in [0.1, 0.15) is 5.75 Å². The first-order valence-electron chi connectivity index (χ1n) is 7.99. The molecule has 0 aliphatic heterocycles. The van der Waals surface area contributed by atoms with Gasteiger partial charge in [0.2, 0.25) is 5.91 Å². The molecule has 0 aromatic heterocycles. The summed E-state index contributed by atoms with van der Waals surface area (Å²) in [5.41, 5.74) is 5.61. The third kappa shape index (κ3) is 8.45. The van der Waals surface area contributed by atoms with Gasteiger partial charge in [-0.25, -0.2) is 0 Å². The average molecular weight is 341 g/mol. The molecule has 2 amide bonds. The highest BCUT2D eigenvalue weighted by molar-refractivity contribution is 6.31. The van der Waals surface area contributed by atoms with Crippen molar-refractivity contribution in [3.05, 3.63) is 28.8 Å². The van der Waals surface area contributed by atoms with Crippen molar-refractivity contribution in [1.82, 2.24) is 10.9 Å². The molecule has 0 bridgehead atoms. The van der Waals surface area contributed by atoms with E-state index >= 15 is 0 Å². The molecular formula is C17H25ClN2O3. The maximum Gasteiger partial charge on any atom is 0.276 e. The van der Waals surface area contributed by atoms with Crippen LogP contribution in [0.15, 0.2) is 18.2 Å². The molecule has 1 rings (SSSR count). The lowest BCUT2D eigenvalue weighted by atomic mass is 10.1. The highest BCUT2D eigenvalue weighted by Crippen LogP contribution is 2.20. The van der Waals surface area contributed by atoms with Crippen LogP contribution in [0.4, 0.5) is 0 Å². The minimum absolute atomic E-state index is 0.169. The van der Waals surface area contributed by atoms with E-state index in [9.17, 15) is 9.59 Å². The highest BCUT2D eigenvalue weighted by Gasteiger charge is 2.06. The summed E-state index contributed by atoms with van der Waals surface area (Å²) < 4.78 is 5.34. The summed E-state index contributed by atoms with van der Waals surface area (Å²) in [6.45, 7) is 3.84. The van der Waals surface area contributed by atoms with Crippen LogP contribution < -0.4 is 15.6 Å². The molecular weight excluding hydrogens is 316 g/mol. The monoisotopic (exact) mass is 340 g/mol. The summed E-state index contributed by atoms with van der Waals surface area (Å²) in [6, 6.07) is 5.16. The van der Waals surface area contributed by atoms with E-state index in [2.05, 4.69) is 17.8 Å². The standard InChI is InChI=1S/C17H25ClN2O3/c1-3-4-5-6-7-8-16(21)19-20-17(22)12-23-14-9-10-15(18)13(2)11-14/h9-11H,3-8,12H2,1-2H3,(H,19,21)(H,20,22). The molecule has 0 radical (unpaired) electrons. The summed E-state index contributed by atoms with van der Waals surface area (Å²) in [5, 5.41) is 0.646. The van der Waals surface area contributed by atoms with E-state index in [1.807, 2.05) is 6.92 Å². The van der Waals surface area contributed by atoms with Crippen LogP contribution in [0, 0.1) is 6.92 Å². The number of carbonyl (C=O) groups is 2. The molecule has 0 saturated carbocycles.